The Morgan fingerprint density at radius 2 is 1.88 bits per heavy atom. The standard InChI is InChI=1S/C10H13ClO4S/c1-8(14-2)7-15-9-3-5-10(6-4-9)16(11,12)13/h3-6,8H,7H2,1-2H3. The quantitative estimate of drug-likeness (QED) is 0.764. The maximum absolute atomic E-state index is 11.0. The zero-order chi connectivity index (χ0) is 12.2. The lowest BCUT2D eigenvalue weighted by atomic mass is 10.3. The van der Waals surface area contributed by atoms with Gasteiger partial charge in [0.15, 0.2) is 0 Å². The predicted octanol–water partition coefficient (Wildman–Crippen LogP) is 2.03. The minimum atomic E-state index is -3.66. The zero-order valence-electron chi connectivity index (χ0n) is 9.01. The normalized spacial score (nSPS) is 13.4. The van der Waals surface area contributed by atoms with Crippen molar-refractivity contribution in [3.05, 3.63) is 24.3 Å². The van der Waals surface area contributed by atoms with Gasteiger partial charge in [-0.3, -0.25) is 0 Å². The largest absolute Gasteiger partial charge is 0.491 e. The van der Waals surface area contributed by atoms with Gasteiger partial charge in [0.05, 0.1) is 11.0 Å². The molecule has 0 N–H and O–H groups in total. The van der Waals surface area contributed by atoms with E-state index in [2.05, 4.69) is 0 Å². The van der Waals surface area contributed by atoms with Crippen LogP contribution in [0.4, 0.5) is 0 Å². The van der Waals surface area contributed by atoms with Gasteiger partial charge in [-0.15, -0.1) is 0 Å². The minimum Gasteiger partial charge on any atom is -0.491 e. The molecule has 0 amide bonds. The molecular formula is C10H13ClO4S. The molecule has 1 aromatic rings. The van der Waals surface area contributed by atoms with Crippen molar-refractivity contribution in [3.63, 3.8) is 0 Å². The van der Waals surface area contributed by atoms with Crippen LogP contribution in [0.1, 0.15) is 6.92 Å². The topological polar surface area (TPSA) is 52.6 Å². The van der Waals surface area contributed by atoms with Gasteiger partial charge in [-0.2, -0.15) is 0 Å². The Hall–Kier alpha value is -0.780. The van der Waals surface area contributed by atoms with Gasteiger partial charge < -0.3 is 9.47 Å². The summed E-state index contributed by atoms with van der Waals surface area (Å²) in [4.78, 5) is 0.0568. The fourth-order valence-corrected chi connectivity index (χ4v) is 1.75. The third kappa shape index (κ3) is 4.00. The molecule has 0 fully saturated rings. The zero-order valence-corrected chi connectivity index (χ0v) is 10.6. The van der Waals surface area contributed by atoms with E-state index in [1.807, 2.05) is 6.92 Å². The second-order valence-corrected chi connectivity index (χ2v) is 5.83. The Morgan fingerprint density at radius 3 is 2.31 bits per heavy atom. The first-order valence-corrected chi connectivity index (χ1v) is 6.94. The number of hydrogen-bond donors (Lipinski definition) is 0. The summed E-state index contributed by atoms with van der Waals surface area (Å²) in [5.74, 6) is 0.577. The van der Waals surface area contributed by atoms with Crippen molar-refractivity contribution in [2.75, 3.05) is 13.7 Å². The smallest absolute Gasteiger partial charge is 0.261 e. The minimum absolute atomic E-state index is 0.0172. The molecule has 0 aromatic heterocycles. The van der Waals surface area contributed by atoms with E-state index < -0.39 is 9.05 Å². The Kier molecular flexibility index (Phi) is 4.58. The van der Waals surface area contributed by atoms with Crippen LogP contribution in [-0.4, -0.2) is 28.2 Å². The molecule has 0 spiro atoms. The van der Waals surface area contributed by atoms with E-state index in [-0.39, 0.29) is 11.0 Å². The van der Waals surface area contributed by atoms with E-state index in [0.29, 0.717) is 12.4 Å². The summed E-state index contributed by atoms with van der Waals surface area (Å²) in [7, 11) is 3.10. The van der Waals surface area contributed by atoms with Crippen LogP contribution >= 0.6 is 10.7 Å². The molecule has 0 heterocycles. The van der Waals surface area contributed by atoms with Gasteiger partial charge in [-0.1, -0.05) is 0 Å². The van der Waals surface area contributed by atoms with Crippen LogP contribution in [0.5, 0.6) is 5.75 Å². The van der Waals surface area contributed by atoms with Crippen LogP contribution in [0.3, 0.4) is 0 Å². The molecule has 90 valence electrons. The number of rotatable bonds is 5. The Bertz CT molecular complexity index is 427. The number of benzene rings is 1. The van der Waals surface area contributed by atoms with Crippen LogP contribution in [0.15, 0.2) is 29.2 Å². The molecule has 0 saturated heterocycles. The molecule has 16 heavy (non-hydrogen) atoms. The number of methoxy groups -OCH3 is 1. The summed E-state index contributed by atoms with van der Waals surface area (Å²) in [5, 5.41) is 0. The molecule has 1 aromatic carbocycles. The van der Waals surface area contributed by atoms with E-state index in [9.17, 15) is 8.42 Å². The monoisotopic (exact) mass is 264 g/mol. The van der Waals surface area contributed by atoms with Crippen molar-refractivity contribution in [3.8, 4) is 5.75 Å². The second-order valence-electron chi connectivity index (χ2n) is 3.27. The first kappa shape index (κ1) is 13.3. The summed E-state index contributed by atoms with van der Waals surface area (Å²) in [6, 6.07) is 5.90. The average Bonchev–Trinajstić information content (AvgIpc) is 2.25. The van der Waals surface area contributed by atoms with E-state index in [1.165, 1.54) is 12.1 Å². The molecule has 0 aliphatic heterocycles. The highest BCUT2D eigenvalue weighted by molar-refractivity contribution is 8.13. The molecule has 0 saturated carbocycles. The van der Waals surface area contributed by atoms with Crippen LogP contribution < -0.4 is 4.74 Å². The van der Waals surface area contributed by atoms with Gasteiger partial charge in [0.2, 0.25) is 0 Å². The lowest BCUT2D eigenvalue weighted by molar-refractivity contribution is 0.0716. The average molecular weight is 265 g/mol. The number of hydrogen-bond acceptors (Lipinski definition) is 4. The third-order valence-electron chi connectivity index (χ3n) is 1.99. The fourth-order valence-electron chi connectivity index (χ4n) is 0.980. The van der Waals surface area contributed by atoms with Gasteiger partial charge in [0.25, 0.3) is 9.05 Å². The first-order valence-electron chi connectivity index (χ1n) is 4.64. The fraction of sp³-hybridized carbons (Fsp3) is 0.400. The molecular weight excluding hydrogens is 252 g/mol. The molecule has 1 rings (SSSR count). The van der Waals surface area contributed by atoms with Crippen LogP contribution in [0.2, 0.25) is 0 Å². The highest BCUT2D eigenvalue weighted by Gasteiger charge is 2.09. The molecule has 0 aliphatic carbocycles. The lowest BCUT2D eigenvalue weighted by Crippen LogP contribution is -2.15. The molecule has 6 heteroatoms. The molecule has 4 nitrogen and oxygen atoms in total. The van der Waals surface area contributed by atoms with Crippen molar-refractivity contribution < 1.29 is 17.9 Å². The SMILES string of the molecule is COC(C)COc1ccc(S(=O)(=O)Cl)cc1. The van der Waals surface area contributed by atoms with Crippen molar-refractivity contribution in [1.82, 2.24) is 0 Å². The maximum atomic E-state index is 11.0. The highest BCUT2D eigenvalue weighted by atomic mass is 35.7. The van der Waals surface area contributed by atoms with Crippen molar-refractivity contribution in [2.24, 2.45) is 0 Å². The van der Waals surface area contributed by atoms with E-state index in [0.717, 1.165) is 0 Å². The van der Waals surface area contributed by atoms with Crippen molar-refractivity contribution in [1.29, 1.82) is 0 Å². The molecule has 1 unspecified atom stereocenters. The number of halogens is 1. The summed E-state index contributed by atoms with van der Waals surface area (Å²) in [6.45, 7) is 2.28. The Balaban J connectivity index is 2.66. The van der Waals surface area contributed by atoms with Gasteiger partial charge in [0, 0.05) is 17.8 Å². The Morgan fingerprint density at radius 1 is 1.31 bits per heavy atom. The maximum Gasteiger partial charge on any atom is 0.261 e. The summed E-state index contributed by atoms with van der Waals surface area (Å²) in [6.07, 6.45) is -0.0172. The lowest BCUT2D eigenvalue weighted by Gasteiger charge is -2.11. The molecule has 0 radical (unpaired) electrons. The van der Waals surface area contributed by atoms with Crippen molar-refractivity contribution >= 4 is 19.7 Å². The summed E-state index contributed by atoms with van der Waals surface area (Å²) < 4.78 is 32.3. The second kappa shape index (κ2) is 5.52. The molecule has 0 bridgehead atoms. The summed E-state index contributed by atoms with van der Waals surface area (Å²) >= 11 is 0. The summed E-state index contributed by atoms with van der Waals surface area (Å²) in [5.41, 5.74) is 0. The highest BCUT2D eigenvalue weighted by Crippen LogP contribution is 2.19. The van der Waals surface area contributed by atoms with Gasteiger partial charge in [0.1, 0.15) is 12.4 Å². The predicted molar refractivity (Wildman–Crippen MR) is 61.4 cm³/mol. The van der Waals surface area contributed by atoms with Gasteiger partial charge in [-0.25, -0.2) is 8.42 Å². The van der Waals surface area contributed by atoms with Crippen LogP contribution in [0, 0.1) is 0 Å². The van der Waals surface area contributed by atoms with E-state index in [4.69, 9.17) is 20.2 Å². The number of ether oxygens (including phenoxy) is 2. The Labute approximate surface area is 99.6 Å². The van der Waals surface area contributed by atoms with Crippen LogP contribution in [0.25, 0.3) is 0 Å². The van der Waals surface area contributed by atoms with E-state index in [1.54, 1.807) is 19.2 Å². The third-order valence-corrected chi connectivity index (χ3v) is 3.36. The molecule has 1 atom stereocenters. The first-order chi connectivity index (χ1) is 7.43. The molecule has 0 aliphatic rings. The van der Waals surface area contributed by atoms with Crippen molar-refractivity contribution in [2.45, 2.75) is 17.9 Å². The van der Waals surface area contributed by atoms with Gasteiger partial charge >= 0.3 is 0 Å². The van der Waals surface area contributed by atoms with Crippen LogP contribution in [-0.2, 0) is 13.8 Å². The van der Waals surface area contributed by atoms with E-state index >= 15 is 0 Å². The van der Waals surface area contributed by atoms with Gasteiger partial charge in [-0.05, 0) is 31.2 Å².